The Kier molecular flexibility index (Phi) is 2.93. The van der Waals surface area contributed by atoms with Crippen LogP contribution in [0.1, 0.15) is 23.1 Å². The molecule has 2 rings (SSSR count). The van der Waals surface area contributed by atoms with Crippen molar-refractivity contribution >= 4 is 11.6 Å². The van der Waals surface area contributed by atoms with Crippen molar-refractivity contribution in [2.75, 3.05) is 6.61 Å². The van der Waals surface area contributed by atoms with Gasteiger partial charge in [0.1, 0.15) is 0 Å². The molecular weight excluding hydrogens is 251 g/mol. The summed E-state index contributed by atoms with van der Waals surface area (Å²) in [6.45, 7) is 1.78. The third-order valence-electron chi connectivity index (χ3n) is 2.10. The van der Waals surface area contributed by atoms with Gasteiger partial charge in [-0.3, -0.25) is 0 Å². The van der Waals surface area contributed by atoms with E-state index < -0.39 is 17.8 Å². The van der Waals surface area contributed by atoms with E-state index in [-0.39, 0.29) is 17.9 Å². The van der Waals surface area contributed by atoms with Gasteiger partial charge in [0.2, 0.25) is 0 Å². The Hall–Kier alpha value is -2.12. The van der Waals surface area contributed by atoms with Crippen molar-refractivity contribution in [3.05, 3.63) is 29.7 Å². The topological polar surface area (TPSA) is 56.5 Å². The summed E-state index contributed by atoms with van der Waals surface area (Å²) < 4.78 is 42.8. The molecule has 0 aromatic carbocycles. The number of nitrogens with zero attached hydrogens (tertiary/aromatic N) is 3. The maximum atomic E-state index is 12.4. The van der Waals surface area contributed by atoms with Gasteiger partial charge in [0.15, 0.2) is 17.0 Å². The van der Waals surface area contributed by atoms with Crippen LogP contribution in [0.4, 0.5) is 13.2 Å². The number of carbonyl (C=O) groups is 1. The van der Waals surface area contributed by atoms with Crippen LogP contribution in [0.3, 0.4) is 0 Å². The van der Waals surface area contributed by atoms with Gasteiger partial charge in [0.05, 0.1) is 12.8 Å². The SMILES string of the molecule is CCOC(=O)c1cn2nc(C(F)(F)F)ccc2n1. The van der Waals surface area contributed by atoms with Crippen LogP contribution in [-0.4, -0.2) is 27.2 Å². The van der Waals surface area contributed by atoms with Gasteiger partial charge in [0, 0.05) is 0 Å². The molecule has 0 N–H and O–H groups in total. The minimum atomic E-state index is -4.54. The highest BCUT2D eigenvalue weighted by Crippen LogP contribution is 2.27. The molecule has 0 unspecified atom stereocenters. The number of fused-ring (bicyclic) bond motifs is 1. The van der Waals surface area contributed by atoms with Gasteiger partial charge in [-0.2, -0.15) is 18.3 Å². The zero-order valence-corrected chi connectivity index (χ0v) is 9.23. The fourth-order valence-corrected chi connectivity index (χ4v) is 1.34. The van der Waals surface area contributed by atoms with Crippen LogP contribution in [-0.2, 0) is 10.9 Å². The number of imidazole rings is 1. The van der Waals surface area contributed by atoms with E-state index in [0.717, 1.165) is 22.8 Å². The largest absolute Gasteiger partial charge is 0.461 e. The summed E-state index contributed by atoms with van der Waals surface area (Å²) in [5, 5.41) is 3.33. The molecule has 2 aromatic rings. The molecule has 96 valence electrons. The average molecular weight is 259 g/mol. The molecule has 0 fully saturated rings. The van der Waals surface area contributed by atoms with Gasteiger partial charge in [-0.25, -0.2) is 14.3 Å². The lowest BCUT2D eigenvalue weighted by molar-refractivity contribution is -0.141. The summed E-state index contributed by atoms with van der Waals surface area (Å²) in [6.07, 6.45) is -3.44. The van der Waals surface area contributed by atoms with Crippen LogP contribution >= 0.6 is 0 Å². The van der Waals surface area contributed by atoms with Crippen LogP contribution in [0, 0.1) is 0 Å². The van der Waals surface area contributed by atoms with Gasteiger partial charge < -0.3 is 4.74 Å². The van der Waals surface area contributed by atoms with Crippen molar-refractivity contribution in [2.24, 2.45) is 0 Å². The van der Waals surface area contributed by atoms with E-state index in [9.17, 15) is 18.0 Å². The molecule has 0 amide bonds. The minimum Gasteiger partial charge on any atom is -0.461 e. The van der Waals surface area contributed by atoms with E-state index >= 15 is 0 Å². The summed E-state index contributed by atoms with van der Waals surface area (Å²) in [6, 6.07) is 1.94. The summed E-state index contributed by atoms with van der Waals surface area (Å²) in [5.74, 6) is -0.698. The number of ether oxygens (including phenoxy) is 1. The molecule has 0 spiro atoms. The Balaban J connectivity index is 2.43. The number of carbonyl (C=O) groups excluding carboxylic acids is 1. The first-order valence-corrected chi connectivity index (χ1v) is 5.02. The Morgan fingerprint density at radius 1 is 1.44 bits per heavy atom. The predicted molar refractivity (Wildman–Crippen MR) is 53.9 cm³/mol. The number of hydrogen-bond donors (Lipinski definition) is 0. The van der Waals surface area contributed by atoms with Gasteiger partial charge in [-0.15, -0.1) is 0 Å². The fourth-order valence-electron chi connectivity index (χ4n) is 1.34. The summed E-state index contributed by atoms with van der Waals surface area (Å²) in [7, 11) is 0. The number of halogens is 3. The molecule has 0 aliphatic heterocycles. The van der Waals surface area contributed by atoms with Gasteiger partial charge in [-0.05, 0) is 19.1 Å². The summed E-state index contributed by atoms with van der Waals surface area (Å²) >= 11 is 0. The Morgan fingerprint density at radius 3 is 2.78 bits per heavy atom. The van der Waals surface area contributed by atoms with E-state index in [0.29, 0.717) is 0 Å². The highest BCUT2D eigenvalue weighted by atomic mass is 19.4. The molecule has 0 aliphatic carbocycles. The van der Waals surface area contributed by atoms with Crippen molar-refractivity contribution in [3.63, 3.8) is 0 Å². The van der Waals surface area contributed by atoms with Crippen LogP contribution in [0.25, 0.3) is 5.65 Å². The maximum absolute atomic E-state index is 12.4. The van der Waals surface area contributed by atoms with E-state index in [4.69, 9.17) is 4.74 Å². The molecule has 0 saturated carbocycles. The Morgan fingerprint density at radius 2 is 2.17 bits per heavy atom. The normalized spacial score (nSPS) is 11.8. The van der Waals surface area contributed by atoms with E-state index in [1.165, 1.54) is 0 Å². The van der Waals surface area contributed by atoms with Gasteiger partial charge >= 0.3 is 12.1 Å². The average Bonchev–Trinajstić information content (AvgIpc) is 2.70. The van der Waals surface area contributed by atoms with E-state index in [1.54, 1.807) is 6.92 Å². The quantitative estimate of drug-likeness (QED) is 0.773. The van der Waals surface area contributed by atoms with Crippen LogP contribution in [0.2, 0.25) is 0 Å². The zero-order chi connectivity index (χ0) is 13.3. The van der Waals surface area contributed by atoms with Crippen molar-refractivity contribution in [1.82, 2.24) is 14.6 Å². The molecule has 0 saturated heterocycles. The molecule has 8 heteroatoms. The van der Waals surface area contributed by atoms with Crippen molar-refractivity contribution < 1.29 is 22.7 Å². The van der Waals surface area contributed by atoms with Crippen molar-refractivity contribution in [3.8, 4) is 0 Å². The van der Waals surface area contributed by atoms with E-state index in [2.05, 4.69) is 10.1 Å². The number of rotatable bonds is 2. The lowest BCUT2D eigenvalue weighted by Crippen LogP contribution is -2.10. The smallest absolute Gasteiger partial charge is 0.435 e. The number of esters is 1. The predicted octanol–water partition coefficient (Wildman–Crippen LogP) is 1.92. The monoisotopic (exact) mass is 259 g/mol. The lowest BCUT2D eigenvalue weighted by atomic mass is 10.4. The van der Waals surface area contributed by atoms with Crippen LogP contribution in [0.5, 0.6) is 0 Å². The third kappa shape index (κ3) is 2.27. The van der Waals surface area contributed by atoms with Gasteiger partial charge in [0.25, 0.3) is 0 Å². The van der Waals surface area contributed by atoms with Crippen LogP contribution in [0.15, 0.2) is 18.3 Å². The number of hydrogen-bond acceptors (Lipinski definition) is 4. The number of alkyl halides is 3. The van der Waals surface area contributed by atoms with Crippen molar-refractivity contribution in [1.29, 1.82) is 0 Å². The van der Waals surface area contributed by atoms with Crippen molar-refractivity contribution in [2.45, 2.75) is 13.1 Å². The zero-order valence-electron chi connectivity index (χ0n) is 9.23. The first-order chi connectivity index (χ1) is 8.41. The highest BCUT2D eigenvalue weighted by Gasteiger charge is 2.33. The molecule has 2 aromatic heterocycles. The second-order valence-electron chi connectivity index (χ2n) is 3.37. The van der Waals surface area contributed by atoms with Crippen LogP contribution < -0.4 is 0 Å². The first-order valence-electron chi connectivity index (χ1n) is 5.02. The minimum absolute atomic E-state index is 0.0799. The molecule has 2 heterocycles. The molecule has 0 radical (unpaired) electrons. The molecule has 0 atom stereocenters. The van der Waals surface area contributed by atoms with E-state index in [1.807, 2.05) is 0 Å². The maximum Gasteiger partial charge on any atom is 0.435 e. The molecular formula is C10H8F3N3O2. The number of aromatic nitrogens is 3. The fraction of sp³-hybridized carbons (Fsp3) is 0.300. The molecule has 18 heavy (non-hydrogen) atoms. The summed E-state index contributed by atoms with van der Waals surface area (Å²) in [4.78, 5) is 15.2. The molecule has 0 bridgehead atoms. The summed E-state index contributed by atoms with van der Waals surface area (Å²) in [5.41, 5.74) is -0.988. The molecule has 5 nitrogen and oxygen atoms in total. The first kappa shape index (κ1) is 12.3. The third-order valence-corrected chi connectivity index (χ3v) is 2.10. The second-order valence-corrected chi connectivity index (χ2v) is 3.37. The molecule has 0 aliphatic rings. The Bertz CT molecular complexity index is 592. The second kappa shape index (κ2) is 4.28. The van der Waals surface area contributed by atoms with Gasteiger partial charge in [-0.1, -0.05) is 0 Å². The highest BCUT2D eigenvalue weighted by molar-refractivity contribution is 5.87. The lowest BCUT2D eigenvalue weighted by Gasteiger charge is -2.04. The Labute approximate surface area is 99.2 Å². The standard InChI is InChI=1S/C10H8F3N3O2/c1-2-18-9(17)6-5-16-8(14-6)4-3-7(15-16)10(11,12)13/h3-5H,2H2,1H3.